The van der Waals surface area contributed by atoms with Crippen molar-refractivity contribution in [3.05, 3.63) is 65.3 Å². The van der Waals surface area contributed by atoms with Gasteiger partial charge in [-0.05, 0) is 55.5 Å². The predicted molar refractivity (Wildman–Crippen MR) is 101 cm³/mol. The fraction of sp³-hybridized carbons (Fsp3) is 0.167. The van der Waals surface area contributed by atoms with Crippen LogP contribution in [-0.4, -0.2) is 21.9 Å². The van der Waals surface area contributed by atoms with Crippen LogP contribution in [-0.2, 0) is 4.79 Å². The van der Waals surface area contributed by atoms with Gasteiger partial charge in [0.25, 0.3) is 11.1 Å². The smallest absolute Gasteiger partial charge is 0.277 e. The number of benzene rings is 2. The summed E-state index contributed by atoms with van der Waals surface area (Å²) in [7, 11) is 0. The second kappa shape index (κ2) is 8.88. The zero-order chi connectivity index (χ0) is 19.2. The van der Waals surface area contributed by atoms with Crippen molar-refractivity contribution in [3.8, 4) is 5.75 Å². The Kier molecular flexibility index (Phi) is 6.31. The van der Waals surface area contributed by atoms with Gasteiger partial charge in [-0.3, -0.25) is 4.79 Å². The molecule has 0 radical (unpaired) electrons. The fourth-order valence-electron chi connectivity index (χ4n) is 2.07. The Labute approximate surface area is 164 Å². The van der Waals surface area contributed by atoms with Crippen molar-refractivity contribution < 1.29 is 18.3 Å². The molecule has 1 heterocycles. The summed E-state index contributed by atoms with van der Waals surface area (Å²) in [5.74, 6) is 0.303. The highest BCUT2D eigenvalue weighted by atomic mass is 35.5. The molecule has 27 heavy (non-hydrogen) atoms. The molecule has 0 fully saturated rings. The molecule has 0 aliphatic rings. The van der Waals surface area contributed by atoms with E-state index in [1.54, 1.807) is 31.2 Å². The van der Waals surface area contributed by atoms with Crippen LogP contribution >= 0.6 is 23.4 Å². The number of amides is 1. The lowest BCUT2D eigenvalue weighted by atomic mass is 10.3. The first-order valence-electron chi connectivity index (χ1n) is 7.93. The molecule has 140 valence electrons. The van der Waals surface area contributed by atoms with Crippen molar-refractivity contribution in [2.75, 3.05) is 11.1 Å². The lowest BCUT2D eigenvalue weighted by molar-refractivity contribution is -0.113. The molecule has 0 saturated heterocycles. The maximum Gasteiger partial charge on any atom is 0.277 e. The molecule has 1 amide bonds. The van der Waals surface area contributed by atoms with Crippen molar-refractivity contribution in [2.45, 2.75) is 18.3 Å². The summed E-state index contributed by atoms with van der Waals surface area (Å²) < 4.78 is 24.0. The Morgan fingerprint density at radius 1 is 1.22 bits per heavy atom. The van der Waals surface area contributed by atoms with E-state index in [4.69, 9.17) is 20.8 Å². The molecule has 3 rings (SSSR count). The highest BCUT2D eigenvalue weighted by molar-refractivity contribution is 7.99. The maximum atomic E-state index is 12.9. The summed E-state index contributed by atoms with van der Waals surface area (Å²) in [5, 5.41) is 11.4. The summed E-state index contributed by atoms with van der Waals surface area (Å²) in [4.78, 5) is 12.0. The first kappa shape index (κ1) is 19.2. The second-order valence-electron chi connectivity index (χ2n) is 5.46. The standard InChI is InChI=1S/C18H15ClFN3O3S/c1-11(25-15-8-4-13(20)5-9-15)17-22-23-18(26-17)27-10-16(24)21-14-6-2-12(19)3-7-14/h2-9,11H,10H2,1H3,(H,21,24)/t11-/m0/s1. The molecule has 0 aliphatic carbocycles. The Morgan fingerprint density at radius 3 is 2.63 bits per heavy atom. The molecule has 2 aromatic carbocycles. The van der Waals surface area contributed by atoms with Crippen molar-refractivity contribution in [2.24, 2.45) is 0 Å². The van der Waals surface area contributed by atoms with Gasteiger partial charge in [0.2, 0.25) is 5.91 Å². The summed E-state index contributed by atoms with van der Waals surface area (Å²) in [6.45, 7) is 1.73. The van der Waals surface area contributed by atoms with Crippen LogP contribution in [0.4, 0.5) is 10.1 Å². The number of nitrogens with zero attached hydrogens (tertiary/aromatic N) is 2. The zero-order valence-electron chi connectivity index (χ0n) is 14.2. The van der Waals surface area contributed by atoms with E-state index in [2.05, 4.69) is 15.5 Å². The summed E-state index contributed by atoms with van der Waals surface area (Å²) in [6.07, 6.45) is -0.514. The molecule has 3 aromatic rings. The van der Waals surface area contributed by atoms with E-state index in [1.807, 2.05) is 0 Å². The Hall–Kier alpha value is -2.58. The van der Waals surface area contributed by atoms with Crippen LogP contribution in [0.1, 0.15) is 18.9 Å². The molecule has 0 aliphatic heterocycles. The molecule has 9 heteroatoms. The number of nitrogens with one attached hydrogen (secondary N) is 1. The third kappa shape index (κ3) is 5.70. The van der Waals surface area contributed by atoms with Gasteiger partial charge in [0.15, 0.2) is 6.10 Å². The number of hydrogen-bond acceptors (Lipinski definition) is 6. The largest absolute Gasteiger partial charge is 0.481 e. The number of anilines is 1. The van der Waals surface area contributed by atoms with E-state index in [9.17, 15) is 9.18 Å². The van der Waals surface area contributed by atoms with Crippen molar-refractivity contribution >= 4 is 35.0 Å². The lowest BCUT2D eigenvalue weighted by Gasteiger charge is -2.10. The van der Waals surface area contributed by atoms with Gasteiger partial charge in [-0.2, -0.15) is 0 Å². The van der Waals surface area contributed by atoms with E-state index in [1.165, 1.54) is 24.3 Å². The average Bonchev–Trinajstić information content (AvgIpc) is 3.13. The topological polar surface area (TPSA) is 77.2 Å². The number of hydrogen-bond donors (Lipinski definition) is 1. The van der Waals surface area contributed by atoms with Crippen LogP contribution in [0.3, 0.4) is 0 Å². The molecule has 0 unspecified atom stereocenters. The number of aromatic nitrogens is 2. The van der Waals surface area contributed by atoms with Crippen LogP contribution in [0.2, 0.25) is 5.02 Å². The van der Waals surface area contributed by atoms with Crippen molar-refractivity contribution in [1.82, 2.24) is 10.2 Å². The van der Waals surface area contributed by atoms with Crippen LogP contribution in [0.5, 0.6) is 5.75 Å². The Bertz CT molecular complexity index is 903. The highest BCUT2D eigenvalue weighted by Crippen LogP contribution is 2.24. The van der Waals surface area contributed by atoms with Gasteiger partial charge >= 0.3 is 0 Å². The predicted octanol–water partition coefficient (Wildman–Crippen LogP) is 4.73. The lowest BCUT2D eigenvalue weighted by Crippen LogP contribution is -2.13. The van der Waals surface area contributed by atoms with E-state index in [-0.39, 0.29) is 28.6 Å². The number of ether oxygens (including phenoxy) is 1. The van der Waals surface area contributed by atoms with Crippen LogP contribution in [0.15, 0.2) is 58.2 Å². The number of thioether (sulfide) groups is 1. The van der Waals surface area contributed by atoms with E-state index >= 15 is 0 Å². The first-order chi connectivity index (χ1) is 13.0. The quantitative estimate of drug-likeness (QED) is 0.570. The SMILES string of the molecule is C[C@H](Oc1ccc(F)cc1)c1nnc(SCC(=O)Nc2ccc(Cl)cc2)o1. The van der Waals surface area contributed by atoms with E-state index in [0.717, 1.165) is 11.8 Å². The van der Waals surface area contributed by atoms with Crippen LogP contribution in [0.25, 0.3) is 0 Å². The Morgan fingerprint density at radius 2 is 1.93 bits per heavy atom. The van der Waals surface area contributed by atoms with E-state index < -0.39 is 6.10 Å². The van der Waals surface area contributed by atoms with Crippen LogP contribution in [0, 0.1) is 5.82 Å². The molecule has 1 atom stereocenters. The molecule has 0 spiro atoms. The van der Waals surface area contributed by atoms with Gasteiger partial charge < -0.3 is 14.5 Å². The summed E-state index contributed by atoms with van der Waals surface area (Å²) in [6, 6.07) is 12.4. The highest BCUT2D eigenvalue weighted by Gasteiger charge is 2.17. The number of carbonyl (C=O) groups excluding carboxylic acids is 1. The molecule has 1 aromatic heterocycles. The third-order valence-corrected chi connectivity index (χ3v) is 4.42. The van der Waals surface area contributed by atoms with Gasteiger partial charge in [0, 0.05) is 10.7 Å². The number of rotatable bonds is 7. The van der Waals surface area contributed by atoms with Gasteiger partial charge in [-0.15, -0.1) is 10.2 Å². The minimum atomic E-state index is -0.514. The second-order valence-corrected chi connectivity index (χ2v) is 6.83. The Balaban J connectivity index is 1.50. The minimum Gasteiger partial charge on any atom is -0.481 e. The number of carbonyl (C=O) groups is 1. The van der Waals surface area contributed by atoms with Crippen LogP contribution < -0.4 is 10.1 Å². The van der Waals surface area contributed by atoms with Gasteiger partial charge in [0.05, 0.1) is 5.75 Å². The van der Waals surface area contributed by atoms with Gasteiger partial charge in [-0.25, -0.2) is 4.39 Å². The van der Waals surface area contributed by atoms with Gasteiger partial charge in [0.1, 0.15) is 11.6 Å². The summed E-state index contributed by atoms with van der Waals surface area (Å²) >= 11 is 6.92. The number of halogens is 2. The normalized spacial score (nSPS) is 11.8. The molecule has 6 nitrogen and oxygen atoms in total. The fourth-order valence-corrected chi connectivity index (χ4v) is 2.76. The van der Waals surface area contributed by atoms with E-state index in [0.29, 0.717) is 16.5 Å². The molecular weight excluding hydrogens is 393 g/mol. The van der Waals surface area contributed by atoms with Gasteiger partial charge in [-0.1, -0.05) is 23.4 Å². The molecule has 1 N–H and O–H groups in total. The molecule has 0 bridgehead atoms. The van der Waals surface area contributed by atoms with Crippen molar-refractivity contribution in [1.29, 1.82) is 0 Å². The maximum absolute atomic E-state index is 12.9. The third-order valence-electron chi connectivity index (χ3n) is 3.35. The molecule has 0 saturated carbocycles. The first-order valence-corrected chi connectivity index (χ1v) is 9.30. The minimum absolute atomic E-state index is 0.109. The zero-order valence-corrected chi connectivity index (χ0v) is 15.8. The average molecular weight is 408 g/mol. The molecular formula is C18H15ClFN3O3S. The summed E-state index contributed by atoms with van der Waals surface area (Å²) in [5.41, 5.74) is 0.650. The monoisotopic (exact) mass is 407 g/mol. The van der Waals surface area contributed by atoms with Crippen molar-refractivity contribution in [3.63, 3.8) is 0 Å².